The summed E-state index contributed by atoms with van der Waals surface area (Å²) in [7, 11) is 0. The van der Waals surface area contributed by atoms with Crippen LogP contribution in [0.25, 0.3) is 0 Å². The highest BCUT2D eigenvalue weighted by Gasteiger charge is 2.19. The van der Waals surface area contributed by atoms with Gasteiger partial charge in [0.05, 0.1) is 6.54 Å². The van der Waals surface area contributed by atoms with Crippen LogP contribution in [0.15, 0.2) is 12.0 Å². The lowest BCUT2D eigenvalue weighted by molar-refractivity contribution is -0.131. The van der Waals surface area contributed by atoms with Crippen molar-refractivity contribution in [3.8, 4) is 12.3 Å². The maximum absolute atomic E-state index is 11.7. The molecule has 0 N–H and O–H groups in total. The van der Waals surface area contributed by atoms with Crippen molar-refractivity contribution in [2.75, 3.05) is 26.3 Å². The Balaban J connectivity index is 2.62. The van der Waals surface area contributed by atoms with Gasteiger partial charge < -0.3 is 14.4 Å². The predicted octanol–water partition coefficient (Wildman–Crippen LogP) is 0.356. The van der Waals surface area contributed by atoms with Crippen LogP contribution in [-0.2, 0) is 14.3 Å². The quantitative estimate of drug-likeness (QED) is 0.610. The number of amides is 1. The second-order valence-corrected chi connectivity index (χ2v) is 2.72. The van der Waals surface area contributed by atoms with Gasteiger partial charge in [-0.2, -0.15) is 0 Å². The van der Waals surface area contributed by atoms with Crippen molar-refractivity contribution in [3.63, 3.8) is 0 Å². The van der Waals surface area contributed by atoms with Crippen molar-refractivity contribution in [3.05, 3.63) is 12.0 Å². The zero-order valence-corrected chi connectivity index (χ0v) is 8.16. The molecule has 0 aromatic carbocycles. The third-order valence-electron chi connectivity index (χ3n) is 1.81. The zero-order valence-electron chi connectivity index (χ0n) is 8.16. The fourth-order valence-corrected chi connectivity index (χ4v) is 1.07. The van der Waals surface area contributed by atoms with Crippen LogP contribution in [0.3, 0.4) is 0 Å². The highest BCUT2D eigenvalue weighted by molar-refractivity contribution is 5.91. The van der Waals surface area contributed by atoms with Gasteiger partial charge in [0.1, 0.15) is 19.5 Å². The molecule has 1 aliphatic heterocycles. The number of nitrogens with zero attached hydrogens (tertiary/aromatic N) is 1. The predicted molar refractivity (Wildman–Crippen MR) is 51.1 cm³/mol. The third kappa shape index (κ3) is 2.43. The largest absolute Gasteiger partial charge is 0.494 e. The van der Waals surface area contributed by atoms with Gasteiger partial charge in [-0.1, -0.05) is 5.92 Å². The molecule has 0 fully saturated rings. The summed E-state index contributed by atoms with van der Waals surface area (Å²) in [5.41, 5.74) is 0. The minimum atomic E-state index is -0.217. The summed E-state index contributed by atoms with van der Waals surface area (Å²) in [6.07, 6.45) is 6.48. The summed E-state index contributed by atoms with van der Waals surface area (Å²) in [5.74, 6) is 2.43. The van der Waals surface area contributed by atoms with Gasteiger partial charge in [-0.3, -0.25) is 4.79 Å². The van der Waals surface area contributed by atoms with Crippen LogP contribution >= 0.6 is 0 Å². The second-order valence-electron chi connectivity index (χ2n) is 2.72. The van der Waals surface area contributed by atoms with Gasteiger partial charge in [0.15, 0.2) is 0 Å². The molecule has 4 heteroatoms. The van der Waals surface area contributed by atoms with Crippen molar-refractivity contribution in [2.45, 2.75) is 6.92 Å². The van der Waals surface area contributed by atoms with Gasteiger partial charge in [0, 0.05) is 6.54 Å². The van der Waals surface area contributed by atoms with Crippen LogP contribution in [0.5, 0.6) is 0 Å². The summed E-state index contributed by atoms with van der Waals surface area (Å²) in [6, 6.07) is 0. The smallest absolute Gasteiger partial charge is 0.292 e. The number of carbonyl (C=O) groups excluding carboxylic acids is 1. The number of hydrogen-bond donors (Lipinski definition) is 0. The Labute approximate surface area is 83.5 Å². The van der Waals surface area contributed by atoms with Crippen LogP contribution in [0.4, 0.5) is 0 Å². The molecule has 1 heterocycles. The van der Waals surface area contributed by atoms with E-state index < -0.39 is 0 Å². The van der Waals surface area contributed by atoms with E-state index in [1.54, 1.807) is 0 Å². The van der Waals surface area contributed by atoms with E-state index in [-0.39, 0.29) is 18.2 Å². The number of ether oxygens (including phenoxy) is 2. The first-order valence-corrected chi connectivity index (χ1v) is 4.47. The summed E-state index contributed by atoms with van der Waals surface area (Å²) in [5, 5.41) is 0. The van der Waals surface area contributed by atoms with E-state index in [1.165, 1.54) is 11.2 Å². The van der Waals surface area contributed by atoms with Crippen LogP contribution in [-0.4, -0.2) is 37.1 Å². The van der Waals surface area contributed by atoms with Crippen molar-refractivity contribution in [1.29, 1.82) is 0 Å². The lowest BCUT2D eigenvalue weighted by Gasteiger charge is -2.21. The molecule has 0 unspecified atom stereocenters. The highest BCUT2D eigenvalue weighted by Crippen LogP contribution is 2.08. The molecule has 0 atom stereocenters. The van der Waals surface area contributed by atoms with Crippen LogP contribution < -0.4 is 0 Å². The molecule has 0 saturated carbocycles. The van der Waals surface area contributed by atoms with E-state index in [1.807, 2.05) is 6.92 Å². The normalized spacial score (nSPS) is 14.4. The summed E-state index contributed by atoms with van der Waals surface area (Å²) >= 11 is 0. The Bertz CT molecular complexity index is 278. The van der Waals surface area contributed by atoms with Gasteiger partial charge in [0.2, 0.25) is 5.76 Å². The Morgan fingerprint density at radius 1 is 1.71 bits per heavy atom. The Morgan fingerprint density at radius 2 is 2.50 bits per heavy atom. The summed E-state index contributed by atoms with van der Waals surface area (Å²) in [4.78, 5) is 13.2. The Morgan fingerprint density at radius 3 is 3.00 bits per heavy atom. The first kappa shape index (κ1) is 10.5. The number of terminal acetylenes is 1. The fraction of sp³-hybridized carbons (Fsp3) is 0.500. The van der Waals surface area contributed by atoms with Gasteiger partial charge in [-0.25, -0.2) is 0 Å². The molecule has 0 aromatic rings. The second kappa shape index (κ2) is 5.18. The molecule has 0 aliphatic carbocycles. The number of carbonyl (C=O) groups is 1. The van der Waals surface area contributed by atoms with Gasteiger partial charge in [0.25, 0.3) is 5.91 Å². The van der Waals surface area contributed by atoms with Crippen molar-refractivity contribution in [2.24, 2.45) is 0 Å². The molecule has 0 spiro atoms. The highest BCUT2D eigenvalue weighted by atomic mass is 16.6. The Hall–Kier alpha value is -1.63. The molecule has 0 radical (unpaired) electrons. The van der Waals surface area contributed by atoms with E-state index in [4.69, 9.17) is 15.9 Å². The maximum Gasteiger partial charge on any atom is 0.292 e. The molecule has 1 aliphatic rings. The number of hydrogen-bond acceptors (Lipinski definition) is 3. The average molecular weight is 195 g/mol. The number of likely N-dealkylation sites (N-methyl/N-ethyl adjacent to an activating group) is 1. The van der Waals surface area contributed by atoms with Crippen LogP contribution in [0.2, 0.25) is 0 Å². The van der Waals surface area contributed by atoms with E-state index in [0.717, 1.165) is 0 Å². The fourth-order valence-electron chi connectivity index (χ4n) is 1.07. The van der Waals surface area contributed by atoms with Crippen LogP contribution in [0.1, 0.15) is 6.92 Å². The van der Waals surface area contributed by atoms with Crippen molar-refractivity contribution < 1.29 is 14.3 Å². The summed E-state index contributed by atoms with van der Waals surface area (Å²) < 4.78 is 10.1. The van der Waals surface area contributed by atoms with Gasteiger partial charge in [-0.15, -0.1) is 6.42 Å². The molecule has 0 aromatic heterocycles. The van der Waals surface area contributed by atoms with Crippen molar-refractivity contribution in [1.82, 2.24) is 4.90 Å². The van der Waals surface area contributed by atoms with E-state index in [2.05, 4.69) is 5.92 Å². The molecule has 0 bridgehead atoms. The van der Waals surface area contributed by atoms with E-state index in [9.17, 15) is 4.79 Å². The van der Waals surface area contributed by atoms with Crippen molar-refractivity contribution >= 4 is 5.91 Å². The third-order valence-corrected chi connectivity index (χ3v) is 1.81. The molecular formula is C10H13NO3. The monoisotopic (exact) mass is 195 g/mol. The minimum Gasteiger partial charge on any atom is -0.494 e. The molecule has 76 valence electrons. The molecule has 1 amide bonds. The first-order chi connectivity index (χ1) is 6.79. The summed E-state index contributed by atoms with van der Waals surface area (Å²) in [6.45, 7) is 3.60. The lowest BCUT2D eigenvalue weighted by atomic mass is 10.4. The van der Waals surface area contributed by atoms with Gasteiger partial charge in [-0.05, 0) is 6.92 Å². The van der Waals surface area contributed by atoms with E-state index >= 15 is 0 Å². The molecule has 4 nitrogen and oxygen atoms in total. The van der Waals surface area contributed by atoms with Crippen LogP contribution in [0, 0.1) is 12.3 Å². The topological polar surface area (TPSA) is 38.8 Å². The standard InChI is InChI=1S/C10H13NO3/c1-3-5-11(4-2)10(12)9-8-13-6-7-14-9/h1,8H,4-7H2,2H3. The molecule has 14 heavy (non-hydrogen) atoms. The molecule has 1 rings (SSSR count). The number of rotatable bonds is 3. The van der Waals surface area contributed by atoms with E-state index in [0.29, 0.717) is 19.8 Å². The molecule has 0 saturated heterocycles. The van der Waals surface area contributed by atoms with Gasteiger partial charge >= 0.3 is 0 Å². The zero-order chi connectivity index (χ0) is 10.4. The minimum absolute atomic E-state index is 0.217. The maximum atomic E-state index is 11.7. The molecular weight excluding hydrogens is 182 g/mol. The Kier molecular flexibility index (Phi) is 3.86. The average Bonchev–Trinajstić information content (AvgIpc) is 2.26. The first-order valence-electron chi connectivity index (χ1n) is 4.47. The lowest BCUT2D eigenvalue weighted by Crippen LogP contribution is -2.34. The SMILES string of the molecule is C#CCN(CC)C(=O)C1=COCCO1.